The maximum Gasteiger partial charge on any atom is 0.319 e. The Morgan fingerprint density at radius 1 is 1.37 bits per heavy atom. The van der Waals surface area contributed by atoms with Gasteiger partial charge in [-0.15, -0.1) is 0 Å². The fourth-order valence-corrected chi connectivity index (χ4v) is 2.06. The zero-order valence-corrected chi connectivity index (χ0v) is 11.0. The van der Waals surface area contributed by atoms with Gasteiger partial charge in [-0.25, -0.2) is 4.79 Å². The molecule has 0 radical (unpaired) electrons. The molecule has 0 bridgehead atoms. The average molecular weight is 261 g/mol. The summed E-state index contributed by atoms with van der Waals surface area (Å²) in [6.45, 7) is 2.01. The summed E-state index contributed by atoms with van der Waals surface area (Å²) in [5.74, 6) is 0.188. The third-order valence-electron chi connectivity index (χ3n) is 3.32. The second kappa shape index (κ2) is 5.73. The van der Waals surface area contributed by atoms with Crippen LogP contribution in [0.15, 0.2) is 24.3 Å². The lowest BCUT2D eigenvalue weighted by Crippen LogP contribution is -2.37. The maximum absolute atomic E-state index is 11.9. The second-order valence-electron chi connectivity index (χ2n) is 5.02. The number of nitrogens with one attached hydrogen (secondary N) is 2. The first-order valence-corrected chi connectivity index (χ1v) is 6.50. The Labute approximate surface area is 112 Å². The van der Waals surface area contributed by atoms with Gasteiger partial charge in [0.25, 0.3) is 0 Å². The van der Waals surface area contributed by atoms with Gasteiger partial charge in [-0.2, -0.15) is 0 Å². The molecule has 4 N–H and O–H groups in total. The normalized spacial score (nSPS) is 15.6. The van der Waals surface area contributed by atoms with Crippen molar-refractivity contribution >= 4 is 17.6 Å². The summed E-state index contributed by atoms with van der Waals surface area (Å²) in [6.07, 6.45) is 2.48. The molecule has 1 saturated carbocycles. The first-order valence-electron chi connectivity index (χ1n) is 6.50. The van der Waals surface area contributed by atoms with E-state index in [1.165, 1.54) is 12.8 Å². The molecular weight excluding hydrogens is 242 g/mol. The number of rotatable bonds is 5. The summed E-state index contributed by atoms with van der Waals surface area (Å²) in [5.41, 5.74) is 6.54. The number of hydrogen-bond acceptors (Lipinski definition) is 2. The van der Waals surface area contributed by atoms with Gasteiger partial charge in [0.2, 0.25) is 5.91 Å². The molecule has 5 heteroatoms. The van der Waals surface area contributed by atoms with E-state index in [-0.39, 0.29) is 18.5 Å². The number of benzene rings is 1. The van der Waals surface area contributed by atoms with Crippen LogP contribution >= 0.6 is 0 Å². The first kappa shape index (κ1) is 13.4. The predicted molar refractivity (Wildman–Crippen MR) is 73.7 cm³/mol. The van der Waals surface area contributed by atoms with Gasteiger partial charge >= 0.3 is 6.03 Å². The maximum atomic E-state index is 11.9. The largest absolute Gasteiger partial charge is 0.369 e. The summed E-state index contributed by atoms with van der Waals surface area (Å²) in [5, 5.41) is 5.68. The number of para-hydroxylation sites is 1. The Morgan fingerprint density at radius 3 is 2.68 bits per heavy atom. The van der Waals surface area contributed by atoms with Gasteiger partial charge in [0.05, 0.1) is 6.42 Å². The summed E-state index contributed by atoms with van der Waals surface area (Å²) >= 11 is 0. The van der Waals surface area contributed by atoms with E-state index in [4.69, 9.17) is 5.73 Å². The number of anilines is 1. The van der Waals surface area contributed by atoms with Crippen molar-refractivity contribution in [3.8, 4) is 0 Å². The highest BCUT2D eigenvalue weighted by Gasteiger charge is 2.28. The summed E-state index contributed by atoms with van der Waals surface area (Å²) < 4.78 is 0. The second-order valence-corrected chi connectivity index (χ2v) is 5.02. The SMILES string of the molecule is CC(NC(=O)Nc1ccccc1CC(N)=O)C1CC1. The van der Waals surface area contributed by atoms with Crippen molar-refractivity contribution in [1.82, 2.24) is 5.32 Å². The van der Waals surface area contributed by atoms with Crippen LogP contribution in [0.1, 0.15) is 25.3 Å². The minimum absolute atomic E-state index is 0.120. The van der Waals surface area contributed by atoms with E-state index in [1.54, 1.807) is 12.1 Å². The van der Waals surface area contributed by atoms with Gasteiger partial charge in [-0.3, -0.25) is 4.79 Å². The molecule has 2 rings (SSSR count). The minimum atomic E-state index is -0.416. The highest BCUT2D eigenvalue weighted by Crippen LogP contribution is 2.32. The Balaban J connectivity index is 1.97. The lowest BCUT2D eigenvalue weighted by atomic mass is 10.1. The Hall–Kier alpha value is -2.04. The molecule has 0 spiro atoms. The summed E-state index contributed by atoms with van der Waals surface area (Å²) in [7, 11) is 0. The van der Waals surface area contributed by atoms with Crippen LogP contribution in [0, 0.1) is 5.92 Å². The fourth-order valence-electron chi connectivity index (χ4n) is 2.06. The van der Waals surface area contributed by atoms with Crippen molar-refractivity contribution in [2.24, 2.45) is 11.7 Å². The van der Waals surface area contributed by atoms with Crippen molar-refractivity contribution < 1.29 is 9.59 Å². The van der Waals surface area contributed by atoms with E-state index in [1.807, 2.05) is 19.1 Å². The lowest BCUT2D eigenvalue weighted by molar-refractivity contribution is -0.117. The van der Waals surface area contributed by atoms with Crippen molar-refractivity contribution in [1.29, 1.82) is 0 Å². The first-order chi connectivity index (χ1) is 9.06. The Bertz CT molecular complexity index is 483. The number of nitrogens with two attached hydrogens (primary N) is 1. The van der Waals surface area contributed by atoms with Crippen molar-refractivity contribution in [2.45, 2.75) is 32.2 Å². The van der Waals surface area contributed by atoms with E-state index in [0.29, 0.717) is 11.6 Å². The molecule has 1 atom stereocenters. The van der Waals surface area contributed by atoms with Gasteiger partial charge < -0.3 is 16.4 Å². The van der Waals surface area contributed by atoms with E-state index in [9.17, 15) is 9.59 Å². The quantitative estimate of drug-likeness (QED) is 0.752. The topological polar surface area (TPSA) is 84.2 Å². The molecule has 0 aliphatic heterocycles. The molecule has 1 aromatic rings. The van der Waals surface area contributed by atoms with Crippen LogP contribution in [0.2, 0.25) is 0 Å². The molecule has 0 heterocycles. The summed E-state index contributed by atoms with van der Waals surface area (Å²) in [6, 6.07) is 7.11. The molecule has 19 heavy (non-hydrogen) atoms. The van der Waals surface area contributed by atoms with Gasteiger partial charge in [0.1, 0.15) is 0 Å². The molecule has 1 aromatic carbocycles. The highest BCUT2D eigenvalue weighted by molar-refractivity contribution is 5.91. The monoisotopic (exact) mass is 261 g/mol. The fraction of sp³-hybridized carbons (Fsp3) is 0.429. The van der Waals surface area contributed by atoms with Gasteiger partial charge in [-0.05, 0) is 37.3 Å². The third-order valence-corrected chi connectivity index (χ3v) is 3.32. The zero-order chi connectivity index (χ0) is 13.8. The third kappa shape index (κ3) is 3.98. The Morgan fingerprint density at radius 2 is 2.05 bits per heavy atom. The number of carbonyl (C=O) groups excluding carboxylic acids is 2. The smallest absolute Gasteiger partial charge is 0.319 e. The predicted octanol–water partition coefficient (Wildman–Crippen LogP) is 1.63. The van der Waals surface area contributed by atoms with Crippen LogP contribution in [0.4, 0.5) is 10.5 Å². The van der Waals surface area contributed by atoms with Crippen LogP contribution in [0.3, 0.4) is 0 Å². The Kier molecular flexibility index (Phi) is 4.04. The van der Waals surface area contributed by atoms with Crippen molar-refractivity contribution in [3.63, 3.8) is 0 Å². The van der Waals surface area contributed by atoms with Gasteiger partial charge in [0, 0.05) is 11.7 Å². The molecule has 5 nitrogen and oxygen atoms in total. The highest BCUT2D eigenvalue weighted by atomic mass is 16.2. The number of urea groups is 1. The van der Waals surface area contributed by atoms with Crippen LogP contribution < -0.4 is 16.4 Å². The molecule has 3 amide bonds. The van der Waals surface area contributed by atoms with E-state index in [2.05, 4.69) is 10.6 Å². The van der Waals surface area contributed by atoms with Crippen LogP contribution in [0.5, 0.6) is 0 Å². The molecule has 1 fully saturated rings. The van der Waals surface area contributed by atoms with Gasteiger partial charge in [0.15, 0.2) is 0 Å². The number of hydrogen-bond donors (Lipinski definition) is 3. The molecule has 0 aromatic heterocycles. The molecule has 0 saturated heterocycles. The number of amides is 3. The van der Waals surface area contributed by atoms with Gasteiger partial charge in [-0.1, -0.05) is 18.2 Å². The van der Waals surface area contributed by atoms with E-state index < -0.39 is 5.91 Å². The van der Waals surface area contributed by atoms with Crippen molar-refractivity contribution in [3.05, 3.63) is 29.8 Å². The van der Waals surface area contributed by atoms with E-state index >= 15 is 0 Å². The molecule has 1 unspecified atom stereocenters. The molecular formula is C14H19N3O2. The number of carbonyl (C=O) groups is 2. The van der Waals surface area contributed by atoms with Crippen LogP contribution in [0.25, 0.3) is 0 Å². The average Bonchev–Trinajstić information content (AvgIpc) is 3.14. The number of primary amides is 1. The molecule has 102 valence electrons. The van der Waals surface area contributed by atoms with Crippen LogP contribution in [-0.4, -0.2) is 18.0 Å². The molecule has 1 aliphatic rings. The minimum Gasteiger partial charge on any atom is -0.369 e. The standard InChI is InChI=1S/C14H19N3O2/c1-9(10-6-7-10)16-14(19)17-12-5-3-2-4-11(12)8-13(15)18/h2-5,9-10H,6-8H2,1H3,(H2,15,18)(H2,16,17,19). The van der Waals surface area contributed by atoms with Crippen LogP contribution in [-0.2, 0) is 11.2 Å². The van der Waals surface area contributed by atoms with Crippen molar-refractivity contribution in [2.75, 3.05) is 5.32 Å². The summed E-state index contributed by atoms with van der Waals surface area (Å²) in [4.78, 5) is 22.8. The van der Waals surface area contributed by atoms with E-state index in [0.717, 1.165) is 5.56 Å². The lowest BCUT2D eigenvalue weighted by Gasteiger charge is -2.15. The molecule has 1 aliphatic carbocycles. The zero-order valence-electron chi connectivity index (χ0n) is 11.0.